The maximum absolute atomic E-state index is 11.5. The molecule has 0 saturated carbocycles. The summed E-state index contributed by atoms with van der Waals surface area (Å²) < 4.78 is 5.06. The van der Waals surface area contributed by atoms with E-state index in [2.05, 4.69) is 0 Å². The zero-order chi connectivity index (χ0) is 10.4. The molecule has 0 aromatic carbocycles. The first-order valence-electron chi connectivity index (χ1n) is 4.74. The van der Waals surface area contributed by atoms with Gasteiger partial charge in [-0.05, 0) is 37.9 Å². The van der Waals surface area contributed by atoms with Gasteiger partial charge in [-0.1, -0.05) is 0 Å². The summed E-state index contributed by atoms with van der Waals surface area (Å²) in [5.41, 5.74) is -0.380. The maximum atomic E-state index is 11.5. The van der Waals surface area contributed by atoms with Crippen LogP contribution in [0.3, 0.4) is 0 Å². The van der Waals surface area contributed by atoms with Crippen molar-refractivity contribution < 1.29 is 9.53 Å². The van der Waals surface area contributed by atoms with E-state index in [4.69, 9.17) is 10.00 Å². The molecule has 1 saturated heterocycles. The van der Waals surface area contributed by atoms with Crippen molar-refractivity contribution in [1.29, 1.82) is 5.26 Å². The Bertz CT molecular complexity index is 233. The highest BCUT2D eigenvalue weighted by atomic mass is 32.2. The molecule has 0 aromatic heterocycles. The van der Waals surface area contributed by atoms with E-state index in [1.54, 1.807) is 11.8 Å². The number of nitriles is 1. The Kier molecular flexibility index (Phi) is 4.60. The van der Waals surface area contributed by atoms with Crippen LogP contribution in [-0.4, -0.2) is 29.5 Å². The van der Waals surface area contributed by atoms with Crippen LogP contribution >= 0.6 is 11.8 Å². The van der Waals surface area contributed by atoms with Gasteiger partial charge in [-0.2, -0.15) is 5.26 Å². The van der Waals surface area contributed by atoms with Gasteiger partial charge in [0.15, 0.2) is 5.44 Å². The van der Waals surface area contributed by atoms with E-state index in [9.17, 15) is 4.79 Å². The molecule has 1 rings (SSSR count). The first-order chi connectivity index (χ1) is 6.74. The van der Waals surface area contributed by atoms with E-state index in [-0.39, 0.29) is 11.5 Å². The number of ether oxygens (including phenoxy) is 1. The van der Waals surface area contributed by atoms with Crippen LogP contribution < -0.4 is 0 Å². The Labute approximate surface area is 88.2 Å². The Morgan fingerprint density at radius 3 is 2.71 bits per heavy atom. The van der Waals surface area contributed by atoms with Crippen LogP contribution in [0, 0.1) is 10.7 Å². The minimum absolute atomic E-state index is 0.292. The van der Waals surface area contributed by atoms with Gasteiger partial charge in [-0.25, -0.2) is 4.79 Å². The predicted octanol–water partition coefficient (Wildman–Crippen LogP) is 2.17. The third-order valence-electron chi connectivity index (χ3n) is 2.10. The largest absolute Gasteiger partial charge is 0.434 e. The maximum Gasteiger partial charge on any atom is 0.410 e. The first kappa shape index (κ1) is 11.2. The molecule has 5 heteroatoms. The van der Waals surface area contributed by atoms with Crippen LogP contribution in [0.2, 0.25) is 0 Å². The summed E-state index contributed by atoms with van der Waals surface area (Å²) in [6.07, 6.45) is 3.00. The molecule has 1 amide bonds. The third kappa shape index (κ3) is 3.46. The van der Waals surface area contributed by atoms with Gasteiger partial charge in [0.1, 0.15) is 5.40 Å². The molecule has 0 bridgehead atoms. The van der Waals surface area contributed by atoms with Gasteiger partial charge in [0.05, 0.1) is 0 Å². The second-order valence-electron chi connectivity index (χ2n) is 3.21. The number of likely N-dealkylation sites (tertiary alicyclic amines) is 1. The second kappa shape index (κ2) is 5.76. The average Bonchev–Trinajstić information content (AvgIpc) is 2.19. The van der Waals surface area contributed by atoms with Gasteiger partial charge in [0.2, 0.25) is 0 Å². The molecular formula is C9H14N2O2S. The highest BCUT2D eigenvalue weighted by molar-refractivity contribution is 8.04. The summed E-state index contributed by atoms with van der Waals surface area (Å²) in [4.78, 5) is 13.2. The Hall–Kier alpha value is -0.890. The first-order valence-corrected chi connectivity index (χ1v) is 5.62. The topological polar surface area (TPSA) is 53.3 Å². The summed E-state index contributed by atoms with van der Waals surface area (Å²) in [7, 11) is 0. The fraction of sp³-hybridized carbons (Fsp3) is 0.778. The third-order valence-corrected chi connectivity index (χ3v) is 2.63. The summed E-state index contributed by atoms with van der Waals surface area (Å²) >= 11 is 0.959. The standard InChI is InChI=1S/C9H14N2O2S/c1-8(14-7-10)13-9(12)11-5-3-2-4-6-11/h8H,2-6H2,1H3. The minimum atomic E-state index is -0.380. The van der Waals surface area contributed by atoms with Gasteiger partial charge in [0, 0.05) is 13.1 Å². The zero-order valence-electron chi connectivity index (χ0n) is 8.23. The number of thiocyanates is 1. The van der Waals surface area contributed by atoms with Crippen LogP contribution in [0.4, 0.5) is 4.79 Å². The molecular weight excluding hydrogens is 200 g/mol. The molecule has 0 aromatic rings. The average molecular weight is 214 g/mol. The summed E-state index contributed by atoms with van der Waals surface area (Å²) in [6, 6.07) is 0. The van der Waals surface area contributed by atoms with Crippen molar-refractivity contribution in [1.82, 2.24) is 4.90 Å². The van der Waals surface area contributed by atoms with Crippen LogP contribution in [0.1, 0.15) is 26.2 Å². The fourth-order valence-corrected chi connectivity index (χ4v) is 1.67. The van der Waals surface area contributed by atoms with E-state index < -0.39 is 0 Å². The number of amides is 1. The van der Waals surface area contributed by atoms with Crippen LogP contribution in [0.25, 0.3) is 0 Å². The Morgan fingerprint density at radius 1 is 1.50 bits per heavy atom. The lowest BCUT2D eigenvalue weighted by molar-refractivity contribution is 0.0912. The van der Waals surface area contributed by atoms with E-state index in [1.165, 1.54) is 6.42 Å². The molecule has 1 atom stereocenters. The molecule has 4 nitrogen and oxygen atoms in total. The van der Waals surface area contributed by atoms with Crippen molar-refractivity contribution in [2.75, 3.05) is 13.1 Å². The predicted molar refractivity (Wildman–Crippen MR) is 54.6 cm³/mol. The number of rotatable bonds is 2. The van der Waals surface area contributed by atoms with E-state index in [0.717, 1.165) is 37.7 Å². The zero-order valence-corrected chi connectivity index (χ0v) is 9.05. The van der Waals surface area contributed by atoms with Gasteiger partial charge >= 0.3 is 6.09 Å². The second-order valence-corrected chi connectivity index (χ2v) is 4.29. The molecule has 1 aliphatic heterocycles. The van der Waals surface area contributed by atoms with Gasteiger partial charge in [-0.15, -0.1) is 0 Å². The lowest BCUT2D eigenvalue weighted by Crippen LogP contribution is -2.37. The van der Waals surface area contributed by atoms with Crippen molar-refractivity contribution in [3.05, 3.63) is 0 Å². The Morgan fingerprint density at radius 2 is 2.14 bits per heavy atom. The van der Waals surface area contributed by atoms with Crippen molar-refractivity contribution in [2.24, 2.45) is 0 Å². The number of carbonyl (C=O) groups excluding carboxylic acids is 1. The number of hydrogen-bond donors (Lipinski definition) is 0. The molecule has 0 radical (unpaired) electrons. The molecule has 78 valence electrons. The van der Waals surface area contributed by atoms with Crippen molar-refractivity contribution >= 4 is 17.9 Å². The smallest absolute Gasteiger partial charge is 0.410 e. The molecule has 14 heavy (non-hydrogen) atoms. The Balaban J connectivity index is 2.30. The van der Waals surface area contributed by atoms with Gasteiger partial charge in [-0.3, -0.25) is 0 Å². The quantitative estimate of drug-likeness (QED) is 0.522. The number of carbonyl (C=O) groups is 1. The molecule has 1 aliphatic rings. The fourth-order valence-electron chi connectivity index (χ4n) is 1.39. The van der Waals surface area contributed by atoms with Gasteiger partial charge in [0.25, 0.3) is 0 Å². The number of nitrogens with zero attached hydrogens (tertiary/aromatic N) is 2. The lowest BCUT2D eigenvalue weighted by Gasteiger charge is -2.26. The van der Waals surface area contributed by atoms with Crippen LogP contribution in [0.5, 0.6) is 0 Å². The molecule has 0 N–H and O–H groups in total. The highest BCUT2D eigenvalue weighted by Crippen LogP contribution is 2.14. The van der Waals surface area contributed by atoms with Crippen molar-refractivity contribution in [2.45, 2.75) is 31.6 Å². The normalized spacial score (nSPS) is 18.4. The summed E-state index contributed by atoms with van der Waals surface area (Å²) in [6.45, 7) is 3.27. The van der Waals surface area contributed by atoms with Crippen molar-refractivity contribution in [3.8, 4) is 5.40 Å². The lowest BCUT2D eigenvalue weighted by atomic mass is 10.1. The molecule has 0 spiro atoms. The highest BCUT2D eigenvalue weighted by Gasteiger charge is 2.19. The summed E-state index contributed by atoms with van der Waals surface area (Å²) in [5.74, 6) is 0. The molecule has 1 fully saturated rings. The molecule has 0 aliphatic carbocycles. The van der Waals surface area contributed by atoms with Crippen molar-refractivity contribution in [3.63, 3.8) is 0 Å². The SMILES string of the molecule is CC(OC(=O)N1CCCCC1)SC#N. The molecule has 1 heterocycles. The molecule has 1 unspecified atom stereocenters. The van der Waals surface area contributed by atoms with Gasteiger partial charge < -0.3 is 9.64 Å². The van der Waals surface area contributed by atoms with Crippen LogP contribution in [0.15, 0.2) is 0 Å². The van der Waals surface area contributed by atoms with E-state index in [0.29, 0.717) is 0 Å². The number of thioether (sulfide) groups is 1. The summed E-state index contributed by atoms with van der Waals surface area (Å²) in [5, 5.41) is 10.3. The monoisotopic (exact) mass is 214 g/mol. The number of piperidine rings is 1. The number of hydrogen-bond acceptors (Lipinski definition) is 4. The minimum Gasteiger partial charge on any atom is -0.434 e. The van der Waals surface area contributed by atoms with Crippen LogP contribution in [-0.2, 0) is 4.74 Å². The van der Waals surface area contributed by atoms with E-state index >= 15 is 0 Å². The van der Waals surface area contributed by atoms with E-state index in [1.807, 2.05) is 5.40 Å².